The molecule has 5 heteroatoms. The zero-order chi connectivity index (χ0) is 13.8. The van der Waals surface area contributed by atoms with E-state index in [0.29, 0.717) is 10.9 Å². The van der Waals surface area contributed by atoms with Crippen molar-refractivity contribution in [2.45, 2.75) is 45.3 Å². The van der Waals surface area contributed by atoms with Crippen molar-refractivity contribution in [3.63, 3.8) is 0 Å². The first-order chi connectivity index (χ1) is 8.54. The largest absolute Gasteiger partial charge is 0.303 e. The third-order valence-corrected chi connectivity index (χ3v) is 9.85. The highest BCUT2D eigenvalue weighted by Gasteiger charge is 2.33. The second kappa shape index (κ2) is 6.57. The van der Waals surface area contributed by atoms with Crippen molar-refractivity contribution >= 4 is 35.5 Å². The average Bonchev–Trinajstić information content (AvgIpc) is 2.37. The van der Waals surface area contributed by atoms with E-state index in [9.17, 15) is 9.18 Å². The maximum atomic E-state index is 14.5. The SMILES string of the molecule is CC[Si](CC)(CC)c1cc(Br)nc(CC=O)c1F. The molecule has 18 heavy (non-hydrogen) atoms. The van der Waals surface area contributed by atoms with Crippen LogP contribution in [-0.2, 0) is 11.2 Å². The lowest BCUT2D eigenvalue weighted by Crippen LogP contribution is -2.48. The number of hydrogen-bond donors (Lipinski definition) is 0. The van der Waals surface area contributed by atoms with E-state index in [1.54, 1.807) is 0 Å². The van der Waals surface area contributed by atoms with Crippen molar-refractivity contribution in [3.8, 4) is 0 Å². The third kappa shape index (κ3) is 2.88. The van der Waals surface area contributed by atoms with Gasteiger partial charge < -0.3 is 4.79 Å². The van der Waals surface area contributed by atoms with Crippen LogP contribution in [0, 0.1) is 5.82 Å². The minimum atomic E-state index is -1.79. The van der Waals surface area contributed by atoms with Gasteiger partial charge >= 0.3 is 0 Å². The molecular formula is C13H19BrFNOSi. The number of aldehydes is 1. The molecule has 0 aromatic carbocycles. The minimum Gasteiger partial charge on any atom is -0.303 e. The molecule has 1 aromatic heterocycles. The van der Waals surface area contributed by atoms with E-state index in [4.69, 9.17) is 0 Å². The van der Waals surface area contributed by atoms with E-state index in [0.717, 1.165) is 23.3 Å². The molecular weight excluding hydrogens is 313 g/mol. The summed E-state index contributed by atoms with van der Waals surface area (Å²) in [7, 11) is -1.79. The predicted molar refractivity (Wildman–Crippen MR) is 78.5 cm³/mol. The number of carbonyl (C=O) groups is 1. The van der Waals surface area contributed by atoms with E-state index < -0.39 is 8.07 Å². The zero-order valence-corrected chi connectivity index (χ0v) is 13.7. The van der Waals surface area contributed by atoms with Crippen LogP contribution in [0.2, 0.25) is 18.1 Å². The van der Waals surface area contributed by atoms with Gasteiger partial charge in [0.1, 0.15) is 16.7 Å². The lowest BCUT2D eigenvalue weighted by atomic mass is 10.3. The Balaban J connectivity index is 3.42. The maximum absolute atomic E-state index is 14.5. The Hall–Kier alpha value is -0.553. The van der Waals surface area contributed by atoms with Gasteiger partial charge in [-0.3, -0.25) is 0 Å². The molecule has 0 bridgehead atoms. The second-order valence-corrected chi connectivity index (χ2v) is 10.5. The van der Waals surface area contributed by atoms with Crippen molar-refractivity contribution in [1.29, 1.82) is 0 Å². The number of pyridine rings is 1. The lowest BCUT2D eigenvalue weighted by molar-refractivity contribution is -0.107. The summed E-state index contributed by atoms with van der Waals surface area (Å²) < 4.78 is 15.1. The zero-order valence-electron chi connectivity index (χ0n) is 11.1. The van der Waals surface area contributed by atoms with Gasteiger partial charge in [-0.15, -0.1) is 0 Å². The fourth-order valence-electron chi connectivity index (χ4n) is 2.47. The number of aromatic nitrogens is 1. The van der Waals surface area contributed by atoms with Gasteiger partial charge in [0.25, 0.3) is 0 Å². The van der Waals surface area contributed by atoms with Gasteiger partial charge in [-0.25, -0.2) is 9.37 Å². The first-order valence-electron chi connectivity index (χ1n) is 6.33. The van der Waals surface area contributed by atoms with E-state index in [1.165, 1.54) is 0 Å². The number of halogens is 2. The summed E-state index contributed by atoms with van der Waals surface area (Å²) in [5, 5.41) is 0.814. The Labute approximate surface area is 117 Å². The summed E-state index contributed by atoms with van der Waals surface area (Å²) in [6, 6.07) is 4.84. The maximum Gasteiger partial charge on any atom is 0.144 e. The van der Waals surface area contributed by atoms with Crippen molar-refractivity contribution in [1.82, 2.24) is 4.98 Å². The fourth-order valence-corrected chi connectivity index (χ4v) is 6.82. The predicted octanol–water partition coefficient (Wildman–Crippen LogP) is 3.44. The minimum absolute atomic E-state index is 0.0416. The van der Waals surface area contributed by atoms with E-state index >= 15 is 0 Å². The highest BCUT2D eigenvalue weighted by atomic mass is 79.9. The number of nitrogens with zero attached hydrogens (tertiary/aromatic N) is 1. The third-order valence-electron chi connectivity index (χ3n) is 3.87. The summed E-state index contributed by atoms with van der Waals surface area (Å²) in [4.78, 5) is 14.7. The highest BCUT2D eigenvalue weighted by Crippen LogP contribution is 2.23. The molecule has 0 aliphatic carbocycles. The van der Waals surface area contributed by atoms with Crippen LogP contribution in [0.3, 0.4) is 0 Å². The Morgan fingerprint density at radius 1 is 1.33 bits per heavy atom. The van der Waals surface area contributed by atoms with E-state index in [2.05, 4.69) is 41.7 Å². The van der Waals surface area contributed by atoms with Gasteiger partial charge in [-0.1, -0.05) is 38.9 Å². The first kappa shape index (κ1) is 15.5. The van der Waals surface area contributed by atoms with E-state index in [1.807, 2.05) is 6.07 Å². The molecule has 100 valence electrons. The second-order valence-electron chi connectivity index (χ2n) is 4.46. The van der Waals surface area contributed by atoms with Gasteiger partial charge in [0.05, 0.1) is 13.8 Å². The molecule has 1 rings (SSSR count). The molecule has 0 saturated carbocycles. The molecule has 0 spiro atoms. The van der Waals surface area contributed by atoms with Crippen LogP contribution in [0.25, 0.3) is 0 Å². The topological polar surface area (TPSA) is 30.0 Å². The van der Waals surface area contributed by atoms with Crippen LogP contribution in [0.15, 0.2) is 10.7 Å². The smallest absolute Gasteiger partial charge is 0.144 e. The van der Waals surface area contributed by atoms with Crippen molar-refractivity contribution in [3.05, 3.63) is 22.2 Å². The molecule has 0 aliphatic rings. The summed E-state index contributed by atoms with van der Waals surface area (Å²) in [5.74, 6) is -0.262. The van der Waals surface area contributed by atoms with Crippen molar-refractivity contribution < 1.29 is 9.18 Å². The number of carbonyl (C=O) groups excluding carboxylic acids is 1. The van der Waals surface area contributed by atoms with Crippen LogP contribution in [-0.4, -0.2) is 19.3 Å². The molecule has 0 aliphatic heterocycles. The summed E-state index contributed by atoms with van der Waals surface area (Å²) in [6.45, 7) is 6.39. The molecule has 0 radical (unpaired) electrons. The summed E-state index contributed by atoms with van der Waals surface area (Å²) in [5.41, 5.74) is 0.265. The first-order valence-corrected chi connectivity index (χ1v) is 9.75. The Kier molecular flexibility index (Phi) is 5.66. The molecule has 0 amide bonds. The monoisotopic (exact) mass is 331 g/mol. The molecule has 0 atom stereocenters. The van der Waals surface area contributed by atoms with Crippen LogP contribution < -0.4 is 5.19 Å². The molecule has 2 nitrogen and oxygen atoms in total. The summed E-state index contributed by atoms with van der Waals surface area (Å²) >= 11 is 3.33. The number of hydrogen-bond acceptors (Lipinski definition) is 2. The molecule has 1 heterocycles. The number of rotatable bonds is 6. The molecule has 0 unspecified atom stereocenters. The van der Waals surface area contributed by atoms with Gasteiger partial charge in [-0.2, -0.15) is 0 Å². The Morgan fingerprint density at radius 2 is 1.89 bits per heavy atom. The summed E-state index contributed by atoms with van der Waals surface area (Å²) in [6.07, 6.45) is 0.745. The van der Waals surface area contributed by atoms with E-state index in [-0.39, 0.29) is 17.9 Å². The van der Waals surface area contributed by atoms with Crippen LogP contribution in [0.4, 0.5) is 4.39 Å². The van der Waals surface area contributed by atoms with Crippen LogP contribution >= 0.6 is 15.9 Å². The van der Waals surface area contributed by atoms with Gasteiger partial charge in [0, 0.05) is 6.42 Å². The lowest BCUT2D eigenvalue weighted by Gasteiger charge is -2.29. The fraction of sp³-hybridized carbons (Fsp3) is 0.538. The van der Waals surface area contributed by atoms with Crippen molar-refractivity contribution in [2.75, 3.05) is 0 Å². The quantitative estimate of drug-likeness (QED) is 0.454. The van der Waals surface area contributed by atoms with Gasteiger partial charge in [0.15, 0.2) is 0 Å². The standard InChI is InChI=1S/C13H19BrFNOSi/c1-4-18(5-2,6-3)11-9-12(14)16-10(7-8-17)13(11)15/h8-9H,4-7H2,1-3H3. The molecule has 0 fully saturated rings. The Morgan fingerprint density at radius 3 is 2.33 bits per heavy atom. The molecule has 0 saturated heterocycles. The normalized spacial score (nSPS) is 11.6. The average molecular weight is 332 g/mol. The van der Waals surface area contributed by atoms with Crippen LogP contribution in [0.1, 0.15) is 26.5 Å². The Bertz CT molecular complexity index is 427. The molecule has 0 N–H and O–H groups in total. The molecule has 1 aromatic rings. The van der Waals surface area contributed by atoms with Crippen LogP contribution in [0.5, 0.6) is 0 Å². The van der Waals surface area contributed by atoms with Crippen molar-refractivity contribution in [2.24, 2.45) is 0 Å². The highest BCUT2D eigenvalue weighted by molar-refractivity contribution is 9.10. The van der Waals surface area contributed by atoms with Gasteiger partial charge in [-0.05, 0) is 27.2 Å². The van der Waals surface area contributed by atoms with Gasteiger partial charge in [0.2, 0.25) is 0 Å².